The molecule has 0 saturated carbocycles. The Labute approximate surface area is 246 Å². The number of carboxylic acid groups (broad SMARTS) is 1. The van der Waals surface area contributed by atoms with Crippen LogP contribution in [-0.4, -0.2) is 53.0 Å². The highest BCUT2D eigenvalue weighted by Crippen LogP contribution is 2.31. The fourth-order valence-corrected chi connectivity index (χ4v) is 5.97. The van der Waals surface area contributed by atoms with Crippen molar-refractivity contribution in [2.75, 3.05) is 13.1 Å². The van der Waals surface area contributed by atoms with E-state index < -0.39 is 23.9 Å². The number of aliphatic carboxylic acids is 1. The molecule has 11 heteroatoms. The summed E-state index contributed by atoms with van der Waals surface area (Å²) in [4.78, 5) is 52.2. The molecule has 0 aromatic heterocycles. The summed E-state index contributed by atoms with van der Waals surface area (Å²) in [6, 6.07) is 16.2. The van der Waals surface area contributed by atoms with E-state index in [9.17, 15) is 24.3 Å². The molecule has 4 amide bonds. The molecule has 1 heterocycles. The standard InChI is InChI=1S/C30H28Cl2N4O5/c31-22-13-20(28(38)36-12-11-17-5-1-2-7-19(17)16-36)14-23(32)26(22)27(37)34-25(29(39)40)15-33-30(41)35-24-10-9-18-6-3-4-8-21(18)24/h1-8,13-14,24-25H,9-12,15-16H2,(H,34,37)(H,39,40)(H2,33,35,41)/t24?,25-/m0/s1. The molecule has 2 atom stereocenters. The summed E-state index contributed by atoms with van der Waals surface area (Å²) >= 11 is 12.8. The quantitative estimate of drug-likeness (QED) is 0.323. The van der Waals surface area contributed by atoms with Crippen molar-refractivity contribution in [1.29, 1.82) is 0 Å². The average molecular weight is 595 g/mol. The Morgan fingerprint density at radius 2 is 1.59 bits per heavy atom. The van der Waals surface area contributed by atoms with Crippen LogP contribution in [0.3, 0.4) is 0 Å². The third-order valence-corrected chi connectivity index (χ3v) is 8.04. The maximum atomic E-state index is 13.2. The number of urea groups is 1. The lowest BCUT2D eigenvalue weighted by Gasteiger charge is -2.29. The van der Waals surface area contributed by atoms with Gasteiger partial charge in [-0.1, -0.05) is 71.7 Å². The molecule has 1 unspecified atom stereocenters. The Kier molecular flexibility index (Phi) is 8.46. The van der Waals surface area contributed by atoms with Gasteiger partial charge in [0.25, 0.3) is 11.8 Å². The van der Waals surface area contributed by atoms with Crippen LogP contribution in [0.25, 0.3) is 0 Å². The number of hydrogen-bond donors (Lipinski definition) is 4. The highest BCUT2D eigenvalue weighted by molar-refractivity contribution is 6.40. The minimum atomic E-state index is -1.45. The van der Waals surface area contributed by atoms with Gasteiger partial charge in [-0.05, 0) is 53.6 Å². The van der Waals surface area contributed by atoms with Crippen molar-refractivity contribution >= 4 is 47.0 Å². The number of nitrogens with one attached hydrogen (secondary N) is 3. The number of amides is 4. The summed E-state index contributed by atoms with van der Waals surface area (Å²) in [7, 11) is 0. The smallest absolute Gasteiger partial charge is 0.328 e. The van der Waals surface area contributed by atoms with Crippen molar-refractivity contribution in [2.45, 2.75) is 37.9 Å². The fourth-order valence-electron chi connectivity index (χ4n) is 5.31. The summed E-state index contributed by atoms with van der Waals surface area (Å²) in [6.45, 7) is 0.603. The monoisotopic (exact) mass is 594 g/mol. The molecule has 4 N–H and O–H groups in total. The Hall–Kier alpha value is -4.08. The van der Waals surface area contributed by atoms with Crippen LogP contribution in [0.15, 0.2) is 60.7 Å². The minimum absolute atomic E-state index is 0.0921. The molecular weight excluding hydrogens is 567 g/mol. The van der Waals surface area contributed by atoms with Crippen LogP contribution < -0.4 is 16.0 Å². The second-order valence-electron chi connectivity index (χ2n) is 10.1. The van der Waals surface area contributed by atoms with Gasteiger partial charge in [-0.15, -0.1) is 0 Å². The number of aryl methyl sites for hydroxylation is 1. The Morgan fingerprint density at radius 1 is 0.927 bits per heavy atom. The Bertz CT molecular complexity index is 1510. The Morgan fingerprint density at radius 3 is 2.29 bits per heavy atom. The van der Waals surface area contributed by atoms with Crippen LogP contribution in [0.1, 0.15) is 55.4 Å². The van der Waals surface area contributed by atoms with Gasteiger partial charge in [0.05, 0.1) is 28.2 Å². The van der Waals surface area contributed by atoms with Gasteiger partial charge in [-0.25, -0.2) is 9.59 Å². The van der Waals surface area contributed by atoms with E-state index in [1.165, 1.54) is 17.7 Å². The van der Waals surface area contributed by atoms with Gasteiger partial charge < -0.3 is 26.0 Å². The van der Waals surface area contributed by atoms with E-state index in [-0.39, 0.29) is 39.7 Å². The van der Waals surface area contributed by atoms with E-state index >= 15 is 0 Å². The van der Waals surface area contributed by atoms with Crippen LogP contribution >= 0.6 is 23.2 Å². The molecule has 2 aliphatic rings. The van der Waals surface area contributed by atoms with Gasteiger partial charge in [0, 0.05) is 18.7 Å². The summed E-state index contributed by atoms with van der Waals surface area (Å²) < 4.78 is 0. The number of carbonyl (C=O) groups excluding carboxylic acids is 3. The molecule has 212 valence electrons. The van der Waals surface area contributed by atoms with E-state index in [1.54, 1.807) is 4.90 Å². The molecule has 3 aromatic carbocycles. The molecule has 41 heavy (non-hydrogen) atoms. The topological polar surface area (TPSA) is 128 Å². The van der Waals surface area contributed by atoms with E-state index in [1.807, 2.05) is 48.5 Å². The number of benzene rings is 3. The lowest BCUT2D eigenvalue weighted by molar-refractivity contribution is -0.139. The van der Waals surface area contributed by atoms with E-state index in [4.69, 9.17) is 23.2 Å². The Balaban J connectivity index is 1.21. The number of carboxylic acids is 1. The zero-order valence-electron chi connectivity index (χ0n) is 22.0. The van der Waals surface area contributed by atoms with Gasteiger partial charge in [0.2, 0.25) is 0 Å². The van der Waals surface area contributed by atoms with E-state index in [0.717, 1.165) is 36.0 Å². The second-order valence-corrected chi connectivity index (χ2v) is 10.9. The summed E-state index contributed by atoms with van der Waals surface area (Å²) in [6.07, 6.45) is 2.31. The maximum absolute atomic E-state index is 13.2. The SMILES string of the molecule is O=C(NC[C@H](NC(=O)c1c(Cl)cc(C(=O)N2CCc3ccccc3C2)cc1Cl)C(=O)O)NC1CCc2ccccc21. The van der Waals surface area contributed by atoms with Gasteiger partial charge in [-0.3, -0.25) is 9.59 Å². The number of fused-ring (bicyclic) bond motifs is 2. The molecule has 0 fully saturated rings. The van der Waals surface area contributed by atoms with Crippen molar-refractivity contribution in [1.82, 2.24) is 20.9 Å². The molecule has 5 rings (SSSR count). The van der Waals surface area contributed by atoms with Gasteiger partial charge in [0.1, 0.15) is 6.04 Å². The molecule has 0 saturated heterocycles. The lowest BCUT2D eigenvalue weighted by atomic mass is 9.99. The molecular formula is C30H28Cl2N4O5. The van der Waals surface area contributed by atoms with Crippen molar-refractivity contribution in [3.8, 4) is 0 Å². The molecule has 1 aliphatic carbocycles. The van der Waals surface area contributed by atoms with Crippen LogP contribution in [0, 0.1) is 0 Å². The number of nitrogens with zero attached hydrogens (tertiary/aromatic N) is 1. The van der Waals surface area contributed by atoms with Crippen LogP contribution in [0.5, 0.6) is 0 Å². The predicted octanol–water partition coefficient (Wildman–Crippen LogP) is 4.36. The predicted molar refractivity (Wildman–Crippen MR) is 154 cm³/mol. The third kappa shape index (κ3) is 6.31. The third-order valence-electron chi connectivity index (χ3n) is 7.44. The summed E-state index contributed by atoms with van der Waals surface area (Å²) in [5, 5.41) is 17.2. The molecule has 9 nitrogen and oxygen atoms in total. The zero-order valence-corrected chi connectivity index (χ0v) is 23.5. The largest absolute Gasteiger partial charge is 0.480 e. The average Bonchev–Trinajstić information content (AvgIpc) is 3.36. The molecule has 1 aliphatic heterocycles. The van der Waals surface area contributed by atoms with Crippen LogP contribution in [-0.2, 0) is 24.2 Å². The molecule has 0 radical (unpaired) electrons. The van der Waals surface area contributed by atoms with E-state index in [2.05, 4.69) is 16.0 Å². The van der Waals surface area contributed by atoms with Crippen molar-refractivity contribution in [3.05, 3.63) is 104 Å². The summed E-state index contributed by atoms with van der Waals surface area (Å²) in [5.41, 5.74) is 4.52. The van der Waals surface area contributed by atoms with Gasteiger partial charge >= 0.3 is 12.0 Å². The normalized spacial score (nSPS) is 16.2. The van der Waals surface area contributed by atoms with Crippen LogP contribution in [0.4, 0.5) is 4.79 Å². The number of hydrogen-bond acceptors (Lipinski definition) is 4. The number of rotatable bonds is 7. The number of carbonyl (C=O) groups is 4. The van der Waals surface area contributed by atoms with Crippen molar-refractivity contribution in [3.63, 3.8) is 0 Å². The molecule has 0 spiro atoms. The highest BCUT2D eigenvalue weighted by atomic mass is 35.5. The maximum Gasteiger partial charge on any atom is 0.328 e. The first-order valence-electron chi connectivity index (χ1n) is 13.2. The highest BCUT2D eigenvalue weighted by Gasteiger charge is 2.28. The lowest BCUT2D eigenvalue weighted by Crippen LogP contribution is -2.50. The second kappa shape index (κ2) is 12.2. The first-order valence-corrected chi connectivity index (χ1v) is 14.0. The first-order chi connectivity index (χ1) is 19.7. The molecule has 0 bridgehead atoms. The fraction of sp³-hybridized carbons (Fsp3) is 0.267. The van der Waals surface area contributed by atoms with Crippen molar-refractivity contribution in [2.24, 2.45) is 0 Å². The summed E-state index contributed by atoms with van der Waals surface area (Å²) in [5.74, 6) is -2.47. The van der Waals surface area contributed by atoms with Gasteiger partial charge in [-0.2, -0.15) is 0 Å². The van der Waals surface area contributed by atoms with Crippen LogP contribution in [0.2, 0.25) is 10.0 Å². The van der Waals surface area contributed by atoms with Gasteiger partial charge in [0.15, 0.2) is 0 Å². The first kappa shape index (κ1) is 28.4. The van der Waals surface area contributed by atoms with E-state index in [0.29, 0.717) is 13.1 Å². The number of halogens is 2. The van der Waals surface area contributed by atoms with Crippen molar-refractivity contribution < 1.29 is 24.3 Å². The zero-order chi connectivity index (χ0) is 29.1. The minimum Gasteiger partial charge on any atom is -0.480 e. The molecule has 3 aromatic rings.